The summed E-state index contributed by atoms with van der Waals surface area (Å²) in [5.74, 6) is 1.25. The second kappa shape index (κ2) is 5.63. The molecule has 0 aliphatic rings. The summed E-state index contributed by atoms with van der Waals surface area (Å²) < 4.78 is 5.10. The van der Waals surface area contributed by atoms with Crippen molar-refractivity contribution in [2.24, 2.45) is 0 Å². The van der Waals surface area contributed by atoms with Gasteiger partial charge in [0.1, 0.15) is 0 Å². The molecule has 0 bridgehead atoms. The summed E-state index contributed by atoms with van der Waals surface area (Å²) in [4.78, 5) is 4.42. The van der Waals surface area contributed by atoms with Gasteiger partial charge in [-0.3, -0.25) is 0 Å². The molecule has 0 spiro atoms. The van der Waals surface area contributed by atoms with Crippen LogP contribution in [0.4, 0.5) is 0 Å². The Bertz CT molecular complexity index is 273. The molecule has 0 aromatic carbocycles. The highest BCUT2D eigenvalue weighted by molar-refractivity contribution is 5.18. The van der Waals surface area contributed by atoms with Crippen molar-refractivity contribution >= 4 is 0 Å². The van der Waals surface area contributed by atoms with E-state index in [1.54, 1.807) is 7.11 Å². The highest BCUT2D eigenvalue weighted by Crippen LogP contribution is 2.21. The molecule has 0 saturated heterocycles. The van der Waals surface area contributed by atoms with E-state index in [0.29, 0.717) is 11.8 Å². The minimum absolute atomic E-state index is 0.532. The number of ether oxygens (including phenoxy) is 1. The number of pyridine rings is 1. The lowest BCUT2D eigenvalue weighted by Crippen LogP contribution is -1.98. The lowest BCUT2D eigenvalue weighted by molar-refractivity contribution is 0.394. The monoisotopic (exact) mass is 193 g/mol. The van der Waals surface area contributed by atoms with Crippen molar-refractivity contribution in [3.05, 3.63) is 23.9 Å². The summed E-state index contributed by atoms with van der Waals surface area (Å²) in [6, 6.07) is 5.96. The second-order valence-corrected chi connectivity index (χ2v) is 3.65. The molecule has 78 valence electrons. The molecule has 0 unspecified atom stereocenters. The minimum Gasteiger partial charge on any atom is -0.481 e. The molecule has 1 aromatic heterocycles. The number of nitrogens with zero attached hydrogens (tertiary/aromatic N) is 1. The standard InChI is InChI=1S/C12H19NO/c1-4-5-7-10(2)11-8-6-9-12(13-11)14-3/h6,8-10H,4-5,7H2,1-3H3/t10-/m1/s1. The number of hydrogen-bond donors (Lipinski definition) is 0. The zero-order valence-electron chi connectivity index (χ0n) is 9.29. The normalized spacial score (nSPS) is 12.5. The topological polar surface area (TPSA) is 22.1 Å². The molecule has 0 aliphatic heterocycles. The first-order valence-corrected chi connectivity index (χ1v) is 5.28. The van der Waals surface area contributed by atoms with Crippen molar-refractivity contribution in [3.8, 4) is 5.88 Å². The van der Waals surface area contributed by atoms with Gasteiger partial charge in [-0.15, -0.1) is 0 Å². The fourth-order valence-corrected chi connectivity index (χ4v) is 1.48. The predicted molar refractivity (Wildman–Crippen MR) is 58.7 cm³/mol. The predicted octanol–water partition coefficient (Wildman–Crippen LogP) is 3.38. The van der Waals surface area contributed by atoms with E-state index < -0.39 is 0 Å². The SMILES string of the molecule is CCCC[C@@H](C)c1cccc(OC)n1. The van der Waals surface area contributed by atoms with Crippen LogP contribution in [-0.4, -0.2) is 12.1 Å². The third kappa shape index (κ3) is 3.02. The lowest BCUT2D eigenvalue weighted by Gasteiger charge is -2.10. The first-order valence-electron chi connectivity index (χ1n) is 5.28. The Hall–Kier alpha value is -1.05. The smallest absolute Gasteiger partial charge is 0.213 e. The van der Waals surface area contributed by atoms with Crippen LogP contribution in [0.3, 0.4) is 0 Å². The van der Waals surface area contributed by atoms with Crippen LogP contribution < -0.4 is 4.74 Å². The molecule has 1 heterocycles. The molecule has 2 nitrogen and oxygen atoms in total. The Balaban J connectivity index is 2.64. The summed E-state index contributed by atoms with van der Waals surface area (Å²) in [5.41, 5.74) is 1.14. The van der Waals surface area contributed by atoms with Crippen LogP contribution in [0.15, 0.2) is 18.2 Å². The van der Waals surface area contributed by atoms with E-state index in [0.717, 1.165) is 5.69 Å². The Morgan fingerprint density at radius 1 is 1.43 bits per heavy atom. The zero-order valence-corrected chi connectivity index (χ0v) is 9.29. The van der Waals surface area contributed by atoms with E-state index >= 15 is 0 Å². The molecule has 0 aliphatic carbocycles. The summed E-state index contributed by atoms with van der Waals surface area (Å²) in [6.07, 6.45) is 3.71. The molecular weight excluding hydrogens is 174 g/mol. The van der Waals surface area contributed by atoms with Gasteiger partial charge in [-0.05, 0) is 18.4 Å². The number of hydrogen-bond acceptors (Lipinski definition) is 2. The molecule has 0 fully saturated rings. The third-order valence-corrected chi connectivity index (χ3v) is 2.45. The van der Waals surface area contributed by atoms with E-state index in [-0.39, 0.29) is 0 Å². The summed E-state index contributed by atoms with van der Waals surface area (Å²) in [6.45, 7) is 4.43. The average molecular weight is 193 g/mol. The zero-order chi connectivity index (χ0) is 10.4. The maximum absolute atomic E-state index is 5.10. The number of unbranched alkanes of at least 4 members (excludes halogenated alkanes) is 1. The van der Waals surface area contributed by atoms with Crippen molar-refractivity contribution in [2.75, 3.05) is 7.11 Å². The van der Waals surface area contributed by atoms with Gasteiger partial charge in [0.2, 0.25) is 5.88 Å². The van der Waals surface area contributed by atoms with Gasteiger partial charge >= 0.3 is 0 Å². The van der Waals surface area contributed by atoms with Crippen molar-refractivity contribution < 1.29 is 4.74 Å². The van der Waals surface area contributed by atoms with Gasteiger partial charge in [-0.2, -0.15) is 0 Å². The van der Waals surface area contributed by atoms with E-state index in [1.165, 1.54) is 19.3 Å². The Morgan fingerprint density at radius 3 is 2.86 bits per heavy atom. The van der Waals surface area contributed by atoms with E-state index in [2.05, 4.69) is 24.9 Å². The molecule has 1 rings (SSSR count). The van der Waals surface area contributed by atoms with E-state index in [1.807, 2.05) is 12.1 Å². The number of rotatable bonds is 5. The van der Waals surface area contributed by atoms with Crippen LogP contribution in [0.5, 0.6) is 5.88 Å². The summed E-state index contributed by atoms with van der Waals surface area (Å²) in [7, 11) is 1.66. The van der Waals surface area contributed by atoms with Gasteiger partial charge in [-0.1, -0.05) is 32.8 Å². The fraction of sp³-hybridized carbons (Fsp3) is 0.583. The van der Waals surface area contributed by atoms with Gasteiger partial charge in [0.05, 0.1) is 7.11 Å². The highest BCUT2D eigenvalue weighted by Gasteiger charge is 2.06. The molecule has 1 atom stereocenters. The highest BCUT2D eigenvalue weighted by atomic mass is 16.5. The van der Waals surface area contributed by atoms with Crippen LogP contribution in [-0.2, 0) is 0 Å². The van der Waals surface area contributed by atoms with Gasteiger partial charge in [0.25, 0.3) is 0 Å². The Morgan fingerprint density at radius 2 is 2.21 bits per heavy atom. The first kappa shape index (κ1) is 11.0. The lowest BCUT2D eigenvalue weighted by atomic mass is 10.0. The fourth-order valence-electron chi connectivity index (χ4n) is 1.48. The van der Waals surface area contributed by atoms with Gasteiger partial charge in [-0.25, -0.2) is 4.98 Å². The maximum Gasteiger partial charge on any atom is 0.213 e. The molecular formula is C12H19NO. The number of methoxy groups -OCH3 is 1. The van der Waals surface area contributed by atoms with Crippen molar-refractivity contribution in [3.63, 3.8) is 0 Å². The molecule has 0 radical (unpaired) electrons. The van der Waals surface area contributed by atoms with E-state index in [9.17, 15) is 0 Å². The van der Waals surface area contributed by atoms with Gasteiger partial charge in [0.15, 0.2) is 0 Å². The van der Waals surface area contributed by atoms with Crippen LogP contribution in [0.1, 0.15) is 44.7 Å². The van der Waals surface area contributed by atoms with E-state index in [4.69, 9.17) is 4.74 Å². The largest absolute Gasteiger partial charge is 0.481 e. The summed E-state index contributed by atoms with van der Waals surface area (Å²) in [5, 5.41) is 0. The minimum atomic E-state index is 0.532. The molecule has 14 heavy (non-hydrogen) atoms. The first-order chi connectivity index (χ1) is 6.77. The van der Waals surface area contributed by atoms with Crippen LogP contribution >= 0.6 is 0 Å². The molecule has 0 saturated carbocycles. The summed E-state index contributed by atoms with van der Waals surface area (Å²) >= 11 is 0. The Kier molecular flexibility index (Phi) is 4.44. The molecule has 1 aromatic rings. The second-order valence-electron chi connectivity index (χ2n) is 3.65. The molecule has 0 N–H and O–H groups in total. The van der Waals surface area contributed by atoms with Crippen LogP contribution in [0.25, 0.3) is 0 Å². The maximum atomic E-state index is 5.10. The van der Waals surface area contributed by atoms with Gasteiger partial charge < -0.3 is 4.74 Å². The molecule has 2 heteroatoms. The number of aromatic nitrogens is 1. The third-order valence-electron chi connectivity index (χ3n) is 2.45. The van der Waals surface area contributed by atoms with Crippen LogP contribution in [0.2, 0.25) is 0 Å². The van der Waals surface area contributed by atoms with Crippen molar-refractivity contribution in [2.45, 2.75) is 39.0 Å². The van der Waals surface area contributed by atoms with Crippen LogP contribution in [0, 0.1) is 0 Å². The van der Waals surface area contributed by atoms with Crippen molar-refractivity contribution in [1.82, 2.24) is 4.98 Å². The molecule has 0 amide bonds. The average Bonchev–Trinajstić information content (AvgIpc) is 2.26. The Labute approximate surface area is 86.3 Å². The quantitative estimate of drug-likeness (QED) is 0.715. The van der Waals surface area contributed by atoms with Crippen molar-refractivity contribution in [1.29, 1.82) is 0 Å². The van der Waals surface area contributed by atoms with Gasteiger partial charge in [0, 0.05) is 11.8 Å².